The van der Waals surface area contributed by atoms with E-state index in [1.807, 2.05) is 30.3 Å². The average molecular weight is 453 g/mol. The minimum Gasteiger partial charge on any atom is -0.344 e. The predicted octanol–water partition coefficient (Wildman–Crippen LogP) is 4.60. The molecule has 6 nitrogen and oxygen atoms in total. The number of amides is 2. The van der Waals surface area contributed by atoms with E-state index in [0.717, 1.165) is 61.6 Å². The Bertz CT molecular complexity index is 1090. The van der Waals surface area contributed by atoms with Crippen molar-refractivity contribution in [3.05, 3.63) is 71.8 Å². The van der Waals surface area contributed by atoms with Crippen LogP contribution in [0.2, 0.25) is 0 Å². The van der Waals surface area contributed by atoms with Gasteiger partial charge in [-0.2, -0.15) is 5.10 Å². The zero-order chi connectivity index (χ0) is 23.2. The molecule has 4 rings (SSSR count). The zero-order valence-corrected chi connectivity index (χ0v) is 18.1. The first-order valence-electron chi connectivity index (χ1n) is 11.1. The fourth-order valence-corrected chi connectivity index (χ4v) is 4.34. The Hall–Kier alpha value is -3.55. The van der Waals surface area contributed by atoms with Crippen molar-refractivity contribution in [1.82, 2.24) is 15.5 Å². The van der Waals surface area contributed by atoms with Crippen molar-refractivity contribution in [3.63, 3.8) is 0 Å². The molecule has 33 heavy (non-hydrogen) atoms. The van der Waals surface area contributed by atoms with Gasteiger partial charge in [0.25, 0.3) is 0 Å². The largest absolute Gasteiger partial charge is 0.344 e. The first-order chi connectivity index (χ1) is 16.0. The summed E-state index contributed by atoms with van der Waals surface area (Å²) in [7, 11) is 0. The van der Waals surface area contributed by atoms with Gasteiger partial charge in [0.15, 0.2) is 5.82 Å². The molecule has 1 heterocycles. The number of rotatable bonds is 7. The molecular weight excluding hydrogens is 426 g/mol. The highest BCUT2D eigenvalue weighted by molar-refractivity contribution is 5.97. The fraction of sp³-hybridized carbons (Fsp3) is 0.320. The Morgan fingerprint density at radius 1 is 1.00 bits per heavy atom. The summed E-state index contributed by atoms with van der Waals surface area (Å²) in [5.41, 5.74) is 1.91. The zero-order valence-electron chi connectivity index (χ0n) is 18.1. The van der Waals surface area contributed by atoms with Gasteiger partial charge in [0.05, 0.1) is 12.1 Å². The lowest BCUT2D eigenvalue weighted by atomic mass is 9.83. The molecule has 0 spiro atoms. The SMILES string of the molecule is O=C(Cc1cc(F)cc(F)c1)NC(C(=O)Nc1cc(-c2ccccc2)[nH]n1)C1CCCCC1. The Balaban J connectivity index is 1.46. The first-order valence-corrected chi connectivity index (χ1v) is 11.1. The number of hydrogen-bond acceptors (Lipinski definition) is 3. The van der Waals surface area contributed by atoms with Crippen LogP contribution in [0.25, 0.3) is 11.3 Å². The van der Waals surface area contributed by atoms with E-state index in [9.17, 15) is 18.4 Å². The normalized spacial score (nSPS) is 15.1. The number of hydrogen-bond donors (Lipinski definition) is 3. The van der Waals surface area contributed by atoms with Gasteiger partial charge in [0.2, 0.25) is 11.8 Å². The van der Waals surface area contributed by atoms with E-state index in [1.54, 1.807) is 6.07 Å². The topological polar surface area (TPSA) is 86.9 Å². The number of carbonyl (C=O) groups is 2. The standard InChI is InChI=1S/C25H26F2N4O2/c26-19-11-16(12-20(27)14-19)13-23(32)29-24(18-9-5-2-6-10-18)25(33)28-22-15-21(30-31-22)17-7-3-1-4-8-17/h1,3-4,7-8,11-12,14-15,18,24H,2,5-6,9-10,13H2,(H,29,32)(H2,28,30,31,33). The number of H-pyrrole nitrogens is 1. The molecule has 1 aromatic heterocycles. The van der Waals surface area contributed by atoms with Crippen LogP contribution < -0.4 is 10.6 Å². The van der Waals surface area contributed by atoms with Crippen LogP contribution in [-0.4, -0.2) is 28.1 Å². The second-order valence-corrected chi connectivity index (χ2v) is 8.42. The van der Waals surface area contributed by atoms with Crippen LogP contribution in [0.1, 0.15) is 37.7 Å². The fourth-order valence-electron chi connectivity index (χ4n) is 4.34. The van der Waals surface area contributed by atoms with Gasteiger partial charge in [0, 0.05) is 12.1 Å². The van der Waals surface area contributed by atoms with Crippen molar-refractivity contribution in [2.75, 3.05) is 5.32 Å². The number of carbonyl (C=O) groups excluding carboxylic acids is 2. The Morgan fingerprint density at radius 2 is 1.70 bits per heavy atom. The van der Waals surface area contributed by atoms with Crippen molar-refractivity contribution in [1.29, 1.82) is 0 Å². The van der Waals surface area contributed by atoms with Gasteiger partial charge in [0.1, 0.15) is 17.7 Å². The summed E-state index contributed by atoms with van der Waals surface area (Å²) in [6, 6.07) is 13.6. The molecule has 0 saturated heterocycles. The molecule has 0 bridgehead atoms. The Morgan fingerprint density at radius 3 is 2.39 bits per heavy atom. The monoisotopic (exact) mass is 452 g/mol. The van der Waals surface area contributed by atoms with Crippen molar-refractivity contribution < 1.29 is 18.4 Å². The molecule has 0 radical (unpaired) electrons. The maximum Gasteiger partial charge on any atom is 0.248 e. The summed E-state index contributed by atoms with van der Waals surface area (Å²) in [5, 5.41) is 12.7. The third-order valence-electron chi connectivity index (χ3n) is 5.92. The maximum atomic E-state index is 13.5. The number of benzene rings is 2. The number of aromatic nitrogens is 2. The highest BCUT2D eigenvalue weighted by Crippen LogP contribution is 2.28. The first kappa shape index (κ1) is 22.6. The summed E-state index contributed by atoms with van der Waals surface area (Å²) in [5.74, 6) is -1.95. The van der Waals surface area contributed by atoms with Gasteiger partial charge in [-0.3, -0.25) is 14.7 Å². The molecule has 172 valence electrons. The number of nitrogens with zero attached hydrogens (tertiary/aromatic N) is 1. The van der Waals surface area contributed by atoms with Gasteiger partial charge >= 0.3 is 0 Å². The molecule has 0 aliphatic heterocycles. The quantitative estimate of drug-likeness (QED) is 0.490. The molecular formula is C25H26F2N4O2. The minimum atomic E-state index is -0.756. The van der Waals surface area contributed by atoms with Crippen molar-refractivity contribution in [2.45, 2.75) is 44.6 Å². The number of aromatic amines is 1. The smallest absolute Gasteiger partial charge is 0.248 e. The van der Waals surface area contributed by atoms with Crippen LogP contribution in [0.3, 0.4) is 0 Å². The van der Waals surface area contributed by atoms with Gasteiger partial charge in [-0.15, -0.1) is 0 Å². The van der Waals surface area contributed by atoms with Crippen LogP contribution >= 0.6 is 0 Å². The van der Waals surface area contributed by atoms with Crippen LogP contribution in [0, 0.1) is 17.6 Å². The number of nitrogens with one attached hydrogen (secondary N) is 3. The second kappa shape index (κ2) is 10.4. The number of anilines is 1. The van der Waals surface area contributed by atoms with E-state index in [1.165, 1.54) is 0 Å². The van der Waals surface area contributed by atoms with Crippen molar-refractivity contribution >= 4 is 17.6 Å². The van der Waals surface area contributed by atoms with Crippen molar-refractivity contribution in [3.8, 4) is 11.3 Å². The molecule has 1 fully saturated rings. The lowest BCUT2D eigenvalue weighted by molar-refractivity contribution is -0.127. The van der Waals surface area contributed by atoms with E-state index in [0.29, 0.717) is 5.82 Å². The summed E-state index contributed by atoms with van der Waals surface area (Å²) < 4.78 is 27.0. The molecule has 3 aromatic rings. The van der Waals surface area contributed by atoms with Crippen molar-refractivity contribution in [2.24, 2.45) is 5.92 Å². The molecule has 3 N–H and O–H groups in total. The molecule has 1 saturated carbocycles. The van der Waals surface area contributed by atoms with Gasteiger partial charge in [-0.1, -0.05) is 49.6 Å². The molecule has 2 aromatic carbocycles. The molecule has 8 heteroatoms. The predicted molar refractivity (Wildman–Crippen MR) is 121 cm³/mol. The molecule has 1 atom stereocenters. The minimum absolute atomic E-state index is 0.0144. The number of halogens is 2. The summed E-state index contributed by atoms with van der Waals surface area (Å²) in [4.78, 5) is 25.8. The summed E-state index contributed by atoms with van der Waals surface area (Å²) >= 11 is 0. The van der Waals surface area contributed by atoms with Crippen LogP contribution in [0.15, 0.2) is 54.6 Å². The lowest BCUT2D eigenvalue weighted by Gasteiger charge is -2.29. The molecule has 1 unspecified atom stereocenters. The second-order valence-electron chi connectivity index (χ2n) is 8.42. The third-order valence-corrected chi connectivity index (χ3v) is 5.92. The summed E-state index contributed by atoms with van der Waals surface area (Å²) in [6.07, 6.45) is 4.50. The Kier molecular flexibility index (Phi) is 7.12. The van der Waals surface area contributed by atoms with E-state index in [2.05, 4.69) is 20.8 Å². The third kappa shape index (κ3) is 6.03. The van der Waals surface area contributed by atoms with Crippen LogP contribution in [-0.2, 0) is 16.0 Å². The van der Waals surface area contributed by atoms with E-state index in [-0.39, 0.29) is 23.8 Å². The van der Waals surface area contributed by atoms with E-state index >= 15 is 0 Å². The van der Waals surface area contributed by atoms with Crippen LogP contribution in [0.5, 0.6) is 0 Å². The lowest BCUT2D eigenvalue weighted by Crippen LogP contribution is -2.49. The summed E-state index contributed by atoms with van der Waals surface area (Å²) in [6.45, 7) is 0. The highest BCUT2D eigenvalue weighted by atomic mass is 19.1. The van der Waals surface area contributed by atoms with Crippen LogP contribution in [0.4, 0.5) is 14.6 Å². The average Bonchev–Trinajstić information content (AvgIpc) is 3.26. The van der Waals surface area contributed by atoms with Gasteiger partial charge in [-0.05, 0) is 42.0 Å². The van der Waals surface area contributed by atoms with Gasteiger partial charge < -0.3 is 10.6 Å². The van der Waals surface area contributed by atoms with Gasteiger partial charge in [-0.25, -0.2) is 8.78 Å². The maximum absolute atomic E-state index is 13.5. The highest BCUT2D eigenvalue weighted by Gasteiger charge is 2.31. The van der Waals surface area contributed by atoms with E-state index < -0.39 is 23.6 Å². The molecule has 1 aliphatic rings. The Labute approximate surface area is 190 Å². The molecule has 1 aliphatic carbocycles. The molecule has 2 amide bonds. The van der Waals surface area contributed by atoms with E-state index in [4.69, 9.17) is 0 Å².